The monoisotopic (exact) mass is 266 g/mol. The Balaban J connectivity index is 2.46. The molecule has 7 nitrogen and oxygen atoms in total. The number of rotatable bonds is 6. The van der Waals surface area contributed by atoms with Crippen LogP contribution in [0.3, 0.4) is 0 Å². The lowest BCUT2D eigenvalue weighted by Crippen LogP contribution is -2.10. The van der Waals surface area contributed by atoms with E-state index in [1.54, 1.807) is 6.07 Å². The Kier molecular flexibility index (Phi) is 4.32. The molecule has 3 N–H and O–H groups in total. The smallest absolute Gasteiger partial charge is 0.258 e. The number of H-pyrrole nitrogens is 1. The highest BCUT2D eigenvalue weighted by Crippen LogP contribution is 2.30. The van der Waals surface area contributed by atoms with Crippen molar-refractivity contribution in [3.63, 3.8) is 0 Å². The molecule has 0 amide bonds. The van der Waals surface area contributed by atoms with Gasteiger partial charge in [-0.05, 0) is 6.07 Å². The Morgan fingerprint density at radius 1 is 1.11 bits per heavy atom. The second-order valence-corrected chi connectivity index (χ2v) is 3.69. The topological polar surface area (TPSA) is 105 Å². The molecular weight excluding hydrogens is 252 g/mol. The van der Waals surface area contributed by atoms with Crippen LogP contribution in [0.5, 0.6) is 11.5 Å². The van der Waals surface area contributed by atoms with Gasteiger partial charge in [0, 0.05) is 6.07 Å². The second-order valence-electron chi connectivity index (χ2n) is 3.69. The molecule has 102 valence electrons. The highest BCUT2D eigenvalue weighted by molar-refractivity contribution is 5.81. The number of nitrogens with zero attached hydrogens (tertiary/aromatic N) is 1. The summed E-state index contributed by atoms with van der Waals surface area (Å²) < 4.78 is 10.6. The van der Waals surface area contributed by atoms with Gasteiger partial charge in [-0.3, -0.25) is 4.79 Å². The third-order valence-electron chi connectivity index (χ3n) is 2.40. The van der Waals surface area contributed by atoms with E-state index in [4.69, 9.17) is 19.7 Å². The zero-order chi connectivity index (χ0) is 13.7. The molecule has 0 spiro atoms. The number of aromatic amines is 1. The van der Waals surface area contributed by atoms with E-state index in [1.165, 1.54) is 12.4 Å². The van der Waals surface area contributed by atoms with E-state index in [0.29, 0.717) is 22.4 Å². The summed E-state index contributed by atoms with van der Waals surface area (Å²) >= 11 is 0. The zero-order valence-electron chi connectivity index (χ0n) is 10.1. The molecule has 0 aliphatic heterocycles. The molecule has 0 atom stereocenters. The summed E-state index contributed by atoms with van der Waals surface area (Å²) in [4.78, 5) is 18.1. The van der Waals surface area contributed by atoms with Crippen molar-refractivity contribution in [2.75, 3.05) is 26.4 Å². The van der Waals surface area contributed by atoms with E-state index >= 15 is 0 Å². The van der Waals surface area contributed by atoms with E-state index in [0.717, 1.165) is 0 Å². The van der Waals surface area contributed by atoms with Crippen molar-refractivity contribution in [3.8, 4) is 11.5 Å². The van der Waals surface area contributed by atoms with Crippen molar-refractivity contribution < 1.29 is 19.7 Å². The van der Waals surface area contributed by atoms with Crippen LogP contribution in [0, 0.1) is 0 Å². The lowest BCUT2D eigenvalue weighted by Gasteiger charge is -2.12. The normalized spacial score (nSPS) is 10.6. The SMILES string of the molecule is O=c1[nH]cnc2cc(OCCO)c(OCCO)cc12. The van der Waals surface area contributed by atoms with E-state index < -0.39 is 0 Å². The quantitative estimate of drug-likeness (QED) is 0.661. The fourth-order valence-electron chi connectivity index (χ4n) is 1.61. The van der Waals surface area contributed by atoms with Crippen LogP contribution < -0.4 is 15.0 Å². The van der Waals surface area contributed by atoms with E-state index in [1.807, 2.05) is 0 Å². The number of nitrogens with one attached hydrogen (secondary N) is 1. The molecule has 0 fully saturated rings. The molecule has 0 aliphatic carbocycles. The number of hydrogen-bond acceptors (Lipinski definition) is 6. The van der Waals surface area contributed by atoms with Crippen molar-refractivity contribution in [1.82, 2.24) is 9.97 Å². The first-order valence-corrected chi connectivity index (χ1v) is 5.75. The molecule has 0 saturated carbocycles. The molecule has 0 radical (unpaired) electrons. The number of fused-ring (bicyclic) bond motifs is 1. The molecule has 0 unspecified atom stereocenters. The number of aliphatic hydroxyl groups excluding tert-OH is 2. The van der Waals surface area contributed by atoms with E-state index in [-0.39, 0.29) is 32.0 Å². The van der Waals surface area contributed by atoms with Gasteiger partial charge in [0.2, 0.25) is 0 Å². The first-order valence-electron chi connectivity index (χ1n) is 5.75. The molecular formula is C12H14N2O5. The molecule has 2 rings (SSSR count). The fourth-order valence-corrected chi connectivity index (χ4v) is 1.61. The maximum atomic E-state index is 11.6. The molecule has 2 aromatic rings. The summed E-state index contributed by atoms with van der Waals surface area (Å²) in [7, 11) is 0. The number of benzene rings is 1. The Hall–Kier alpha value is -2.12. The summed E-state index contributed by atoms with van der Waals surface area (Å²) in [6, 6.07) is 3.07. The van der Waals surface area contributed by atoms with Crippen LogP contribution in [0.1, 0.15) is 0 Å². The van der Waals surface area contributed by atoms with E-state index in [2.05, 4.69) is 9.97 Å². The average Bonchev–Trinajstić information content (AvgIpc) is 2.43. The number of hydrogen-bond donors (Lipinski definition) is 3. The first-order chi connectivity index (χ1) is 9.26. The van der Waals surface area contributed by atoms with Crippen LogP contribution in [0.2, 0.25) is 0 Å². The Morgan fingerprint density at radius 3 is 2.37 bits per heavy atom. The van der Waals surface area contributed by atoms with Crippen LogP contribution >= 0.6 is 0 Å². The molecule has 0 bridgehead atoms. The lowest BCUT2D eigenvalue weighted by atomic mass is 10.2. The van der Waals surface area contributed by atoms with Crippen LogP contribution in [0.15, 0.2) is 23.3 Å². The van der Waals surface area contributed by atoms with Gasteiger partial charge in [-0.1, -0.05) is 0 Å². The van der Waals surface area contributed by atoms with Crippen LogP contribution in [0.4, 0.5) is 0 Å². The summed E-state index contributed by atoms with van der Waals surface area (Å²) in [6.07, 6.45) is 1.30. The van der Waals surface area contributed by atoms with Gasteiger partial charge in [-0.2, -0.15) is 0 Å². The van der Waals surface area contributed by atoms with Crippen LogP contribution in [-0.4, -0.2) is 46.6 Å². The van der Waals surface area contributed by atoms with Crippen molar-refractivity contribution in [2.45, 2.75) is 0 Å². The molecule has 0 aliphatic rings. The predicted octanol–water partition coefficient (Wildman–Crippen LogP) is -0.335. The molecule has 7 heteroatoms. The predicted molar refractivity (Wildman–Crippen MR) is 67.5 cm³/mol. The third-order valence-corrected chi connectivity index (χ3v) is 2.40. The number of ether oxygens (including phenoxy) is 2. The molecule has 0 saturated heterocycles. The van der Waals surface area contributed by atoms with Gasteiger partial charge in [0.25, 0.3) is 5.56 Å². The Labute approximate surface area is 108 Å². The minimum atomic E-state index is -0.285. The standard InChI is InChI=1S/C12H14N2O5/c15-1-3-18-10-5-8-9(13-7-14-12(8)17)6-11(10)19-4-2-16/h5-7,15-16H,1-4H2,(H,13,14,17). The Bertz CT molecular complexity index is 611. The van der Waals surface area contributed by atoms with Crippen molar-refractivity contribution in [2.24, 2.45) is 0 Å². The van der Waals surface area contributed by atoms with E-state index in [9.17, 15) is 4.79 Å². The summed E-state index contributed by atoms with van der Waals surface area (Å²) in [5.41, 5.74) is 0.181. The van der Waals surface area contributed by atoms with Gasteiger partial charge in [-0.25, -0.2) is 4.98 Å². The van der Waals surface area contributed by atoms with Crippen molar-refractivity contribution >= 4 is 10.9 Å². The Morgan fingerprint density at radius 2 is 1.74 bits per heavy atom. The number of aliphatic hydroxyl groups is 2. The van der Waals surface area contributed by atoms with Gasteiger partial charge in [-0.15, -0.1) is 0 Å². The van der Waals surface area contributed by atoms with Gasteiger partial charge < -0.3 is 24.7 Å². The molecule has 1 aromatic heterocycles. The molecule has 19 heavy (non-hydrogen) atoms. The van der Waals surface area contributed by atoms with Gasteiger partial charge in [0.05, 0.1) is 30.4 Å². The molecule has 1 heterocycles. The third kappa shape index (κ3) is 3.01. The van der Waals surface area contributed by atoms with Crippen molar-refractivity contribution in [1.29, 1.82) is 0 Å². The molecule has 1 aromatic carbocycles. The van der Waals surface area contributed by atoms with Gasteiger partial charge in [0.15, 0.2) is 11.5 Å². The lowest BCUT2D eigenvalue weighted by molar-refractivity contribution is 0.178. The summed E-state index contributed by atoms with van der Waals surface area (Å²) in [5, 5.41) is 17.9. The maximum absolute atomic E-state index is 11.6. The van der Waals surface area contributed by atoms with Crippen molar-refractivity contribution in [3.05, 3.63) is 28.8 Å². The van der Waals surface area contributed by atoms with Gasteiger partial charge in [0.1, 0.15) is 13.2 Å². The largest absolute Gasteiger partial charge is 0.487 e. The van der Waals surface area contributed by atoms with Crippen LogP contribution in [0.25, 0.3) is 10.9 Å². The average molecular weight is 266 g/mol. The van der Waals surface area contributed by atoms with Crippen LogP contribution in [-0.2, 0) is 0 Å². The second kappa shape index (κ2) is 6.17. The maximum Gasteiger partial charge on any atom is 0.258 e. The zero-order valence-corrected chi connectivity index (χ0v) is 10.1. The number of aromatic nitrogens is 2. The summed E-state index contributed by atoms with van der Waals surface area (Å²) in [5.74, 6) is 0.696. The highest BCUT2D eigenvalue weighted by atomic mass is 16.5. The summed E-state index contributed by atoms with van der Waals surface area (Å²) in [6.45, 7) is -0.107. The highest BCUT2D eigenvalue weighted by Gasteiger charge is 2.10. The minimum Gasteiger partial charge on any atom is -0.487 e. The fraction of sp³-hybridized carbons (Fsp3) is 0.333. The van der Waals surface area contributed by atoms with Gasteiger partial charge >= 0.3 is 0 Å². The first kappa shape index (κ1) is 13.3. The minimum absolute atomic E-state index is 0.0825.